The zero-order valence-electron chi connectivity index (χ0n) is 12.9. The maximum absolute atomic E-state index is 12.1. The minimum absolute atomic E-state index is 0.0547. The van der Waals surface area contributed by atoms with Gasteiger partial charge in [-0.1, -0.05) is 19.8 Å². The average Bonchev–Trinajstić information content (AvgIpc) is 2.92. The molecule has 0 aromatic heterocycles. The number of hydrogen-bond donors (Lipinski definition) is 1. The molecule has 2 rings (SSSR count). The van der Waals surface area contributed by atoms with E-state index >= 15 is 0 Å². The number of piperidine rings is 1. The molecule has 2 amide bonds. The molecule has 1 spiro atoms. The molecule has 0 saturated carbocycles. The Morgan fingerprint density at radius 2 is 1.81 bits per heavy atom. The van der Waals surface area contributed by atoms with Crippen molar-refractivity contribution in [3.05, 3.63) is 0 Å². The summed E-state index contributed by atoms with van der Waals surface area (Å²) in [5, 5.41) is 2.80. The molecule has 6 nitrogen and oxygen atoms in total. The molecule has 2 heterocycles. The number of carbonyl (C=O) groups excluding carboxylic acids is 2. The fourth-order valence-electron chi connectivity index (χ4n) is 2.80. The van der Waals surface area contributed by atoms with E-state index in [1.807, 2.05) is 0 Å². The van der Waals surface area contributed by atoms with Crippen LogP contribution in [0.2, 0.25) is 0 Å². The van der Waals surface area contributed by atoms with Crippen LogP contribution in [0.15, 0.2) is 0 Å². The van der Waals surface area contributed by atoms with E-state index in [1.165, 1.54) is 0 Å². The molecule has 2 fully saturated rings. The molecule has 120 valence electrons. The van der Waals surface area contributed by atoms with Crippen LogP contribution in [-0.4, -0.2) is 55.3 Å². The minimum Gasteiger partial charge on any atom is -0.356 e. The first-order chi connectivity index (χ1) is 10.2. The molecule has 0 atom stereocenters. The number of nitrogens with one attached hydrogen (secondary N) is 1. The number of likely N-dealkylation sites (tertiary alicyclic amines) is 1. The number of hydrogen-bond acceptors (Lipinski definition) is 4. The van der Waals surface area contributed by atoms with Gasteiger partial charge >= 0.3 is 0 Å². The monoisotopic (exact) mass is 298 g/mol. The molecule has 6 heteroatoms. The number of rotatable bonds is 6. The van der Waals surface area contributed by atoms with Crippen molar-refractivity contribution in [1.82, 2.24) is 10.2 Å². The second-order valence-electron chi connectivity index (χ2n) is 5.72. The van der Waals surface area contributed by atoms with Crippen LogP contribution in [0, 0.1) is 0 Å². The van der Waals surface area contributed by atoms with Crippen LogP contribution in [-0.2, 0) is 19.1 Å². The van der Waals surface area contributed by atoms with Crippen molar-refractivity contribution < 1.29 is 19.1 Å². The quantitative estimate of drug-likeness (QED) is 0.588. The largest absolute Gasteiger partial charge is 0.356 e. The van der Waals surface area contributed by atoms with Crippen LogP contribution in [0.4, 0.5) is 0 Å². The van der Waals surface area contributed by atoms with Gasteiger partial charge in [0.15, 0.2) is 5.79 Å². The summed E-state index contributed by atoms with van der Waals surface area (Å²) >= 11 is 0. The molecule has 1 N–H and O–H groups in total. The zero-order valence-corrected chi connectivity index (χ0v) is 12.9. The van der Waals surface area contributed by atoms with Crippen molar-refractivity contribution in [2.45, 2.75) is 51.2 Å². The third-order valence-corrected chi connectivity index (χ3v) is 4.11. The van der Waals surface area contributed by atoms with Gasteiger partial charge in [0.25, 0.3) is 0 Å². The Morgan fingerprint density at radius 3 is 2.43 bits per heavy atom. The highest BCUT2D eigenvalue weighted by Crippen LogP contribution is 2.31. The van der Waals surface area contributed by atoms with E-state index in [9.17, 15) is 9.59 Å². The second-order valence-corrected chi connectivity index (χ2v) is 5.72. The topological polar surface area (TPSA) is 67.9 Å². The van der Waals surface area contributed by atoms with Crippen molar-refractivity contribution in [1.29, 1.82) is 0 Å². The number of nitrogens with zero attached hydrogens (tertiary/aromatic N) is 1. The first-order valence-corrected chi connectivity index (χ1v) is 7.97. The van der Waals surface area contributed by atoms with Crippen LogP contribution in [0.5, 0.6) is 0 Å². The SMILES string of the molecule is CCCCCNC(=O)CC(=O)N1CCC2(CC1)OCCO2. The summed E-state index contributed by atoms with van der Waals surface area (Å²) in [6.07, 6.45) is 4.52. The normalized spacial score (nSPS) is 20.7. The van der Waals surface area contributed by atoms with Gasteiger partial charge < -0.3 is 19.7 Å². The van der Waals surface area contributed by atoms with Gasteiger partial charge in [-0.3, -0.25) is 9.59 Å². The van der Waals surface area contributed by atoms with Crippen molar-refractivity contribution in [2.75, 3.05) is 32.8 Å². The van der Waals surface area contributed by atoms with Gasteiger partial charge in [0, 0.05) is 32.5 Å². The van der Waals surface area contributed by atoms with Gasteiger partial charge in [0.2, 0.25) is 11.8 Å². The Kier molecular flexibility index (Phi) is 5.99. The minimum atomic E-state index is -0.473. The molecule has 0 unspecified atom stereocenters. The Bertz CT molecular complexity index is 357. The summed E-state index contributed by atoms with van der Waals surface area (Å²) in [7, 11) is 0. The van der Waals surface area contributed by atoms with Gasteiger partial charge in [0.1, 0.15) is 6.42 Å². The van der Waals surface area contributed by atoms with Crippen molar-refractivity contribution in [3.8, 4) is 0 Å². The highest BCUT2D eigenvalue weighted by Gasteiger charge is 2.40. The lowest BCUT2D eigenvalue weighted by molar-refractivity contribution is -0.187. The lowest BCUT2D eigenvalue weighted by Gasteiger charge is -2.37. The highest BCUT2D eigenvalue weighted by atomic mass is 16.7. The maximum atomic E-state index is 12.1. The van der Waals surface area contributed by atoms with E-state index in [-0.39, 0.29) is 18.2 Å². The van der Waals surface area contributed by atoms with Gasteiger partial charge in [-0.2, -0.15) is 0 Å². The summed E-state index contributed by atoms with van der Waals surface area (Å²) < 4.78 is 11.3. The van der Waals surface area contributed by atoms with E-state index in [2.05, 4.69) is 12.2 Å². The number of ether oxygens (including phenoxy) is 2. The van der Waals surface area contributed by atoms with E-state index in [1.54, 1.807) is 4.90 Å². The van der Waals surface area contributed by atoms with E-state index < -0.39 is 5.79 Å². The molecule has 0 aromatic carbocycles. The number of amides is 2. The van der Waals surface area contributed by atoms with Crippen LogP contribution in [0.25, 0.3) is 0 Å². The fraction of sp³-hybridized carbons (Fsp3) is 0.867. The van der Waals surface area contributed by atoms with E-state index in [0.29, 0.717) is 45.7 Å². The van der Waals surface area contributed by atoms with E-state index in [4.69, 9.17) is 9.47 Å². The maximum Gasteiger partial charge on any atom is 0.232 e. The summed E-state index contributed by atoms with van der Waals surface area (Å²) in [4.78, 5) is 25.5. The first-order valence-electron chi connectivity index (χ1n) is 7.97. The molecule has 21 heavy (non-hydrogen) atoms. The standard InChI is InChI=1S/C15H26N2O4/c1-2-3-4-7-16-13(18)12-14(19)17-8-5-15(6-9-17)20-10-11-21-15/h2-12H2,1H3,(H,16,18). The van der Waals surface area contributed by atoms with Crippen molar-refractivity contribution >= 4 is 11.8 Å². The summed E-state index contributed by atoms with van der Waals surface area (Å²) in [6, 6.07) is 0. The Labute approximate surface area is 126 Å². The molecule has 0 aliphatic carbocycles. The smallest absolute Gasteiger partial charge is 0.232 e. The molecule has 0 aromatic rings. The predicted molar refractivity (Wildman–Crippen MR) is 77.6 cm³/mol. The van der Waals surface area contributed by atoms with Crippen LogP contribution in [0.1, 0.15) is 45.4 Å². The lowest BCUT2D eigenvalue weighted by Crippen LogP contribution is -2.48. The fourth-order valence-corrected chi connectivity index (χ4v) is 2.80. The third-order valence-electron chi connectivity index (χ3n) is 4.11. The van der Waals surface area contributed by atoms with Gasteiger partial charge in [-0.05, 0) is 6.42 Å². The Morgan fingerprint density at radius 1 is 1.14 bits per heavy atom. The number of unbranched alkanes of at least 4 members (excludes halogenated alkanes) is 2. The Hall–Kier alpha value is -1.14. The van der Waals surface area contributed by atoms with Crippen LogP contribution < -0.4 is 5.32 Å². The second kappa shape index (κ2) is 7.75. The molecule has 2 aliphatic rings. The zero-order chi connectivity index (χ0) is 15.1. The predicted octanol–water partition coefficient (Wildman–Crippen LogP) is 1.05. The number of carbonyl (C=O) groups is 2. The lowest BCUT2D eigenvalue weighted by atomic mass is 10.0. The van der Waals surface area contributed by atoms with Crippen molar-refractivity contribution in [2.24, 2.45) is 0 Å². The summed E-state index contributed by atoms with van der Waals surface area (Å²) in [5.41, 5.74) is 0. The average molecular weight is 298 g/mol. The van der Waals surface area contributed by atoms with Gasteiger partial charge in [-0.25, -0.2) is 0 Å². The highest BCUT2D eigenvalue weighted by molar-refractivity contribution is 5.96. The summed E-state index contributed by atoms with van der Waals surface area (Å²) in [5.74, 6) is -0.750. The molecule has 2 aliphatic heterocycles. The molecular formula is C15H26N2O4. The summed E-state index contributed by atoms with van der Waals surface area (Å²) in [6.45, 7) is 5.24. The van der Waals surface area contributed by atoms with E-state index in [0.717, 1.165) is 19.3 Å². The van der Waals surface area contributed by atoms with Crippen LogP contribution in [0.3, 0.4) is 0 Å². The third kappa shape index (κ3) is 4.68. The van der Waals surface area contributed by atoms with Gasteiger partial charge in [-0.15, -0.1) is 0 Å². The molecule has 0 bridgehead atoms. The van der Waals surface area contributed by atoms with Gasteiger partial charge in [0.05, 0.1) is 13.2 Å². The Balaban J connectivity index is 1.66. The molecule has 0 radical (unpaired) electrons. The van der Waals surface area contributed by atoms with Crippen LogP contribution >= 0.6 is 0 Å². The molecule has 2 saturated heterocycles. The van der Waals surface area contributed by atoms with Crippen molar-refractivity contribution in [3.63, 3.8) is 0 Å². The molecular weight excluding hydrogens is 272 g/mol. The first kappa shape index (κ1) is 16.2.